The highest BCUT2D eigenvalue weighted by molar-refractivity contribution is 5.81. The van der Waals surface area contributed by atoms with E-state index in [-0.39, 0.29) is 24.2 Å². The molecule has 0 aromatic heterocycles. The van der Waals surface area contributed by atoms with Crippen molar-refractivity contribution in [3.8, 4) is 0 Å². The monoisotopic (exact) mass is 211 g/mol. The van der Waals surface area contributed by atoms with Gasteiger partial charge in [-0.2, -0.15) is 0 Å². The summed E-state index contributed by atoms with van der Waals surface area (Å²) >= 11 is 0. The molecule has 0 aromatic carbocycles. The number of hydrogen-bond acceptors (Lipinski definition) is 2. The molecule has 2 unspecified atom stereocenters. The van der Waals surface area contributed by atoms with Gasteiger partial charge in [0.2, 0.25) is 5.91 Å². The van der Waals surface area contributed by atoms with Crippen LogP contribution >= 0.6 is 0 Å². The average Bonchev–Trinajstić information content (AvgIpc) is 2.93. The molecule has 2 rings (SSSR count). The minimum absolute atomic E-state index is 0.0291. The molecule has 1 heterocycles. The van der Waals surface area contributed by atoms with Crippen molar-refractivity contribution in [1.82, 2.24) is 4.90 Å². The van der Waals surface area contributed by atoms with E-state index in [0.717, 1.165) is 25.8 Å². The van der Waals surface area contributed by atoms with Crippen LogP contribution in [0.4, 0.5) is 0 Å². The fraction of sp³-hybridized carbons (Fsp3) is 0.818. The Bertz CT molecular complexity index is 286. The molecule has 4 nitrogen and oxygen atoms in total. The lowest BCUT2D eigenvalue weighted by molar-refractivity contribution is -0.139. The zero-order valence-corrected chi connectivity index (χ0v) is 8.98. The number of carboxylic acid groups (broad SMARTS) is 1. The highest BCUT2D eigenvalue weighted by Crippen LogP contribution is 2.45. The number of nitrogens with zero attached hydrogens (tertiary/aromatic N) is 1. The summed E-state index contributed by atoms with van der Waals surface area (Å²) in [6.45, 7) is 0.784. The second-order valence-corrected chi connectivity index (χ2v) is 4.75. The van der Waals surface area contributed by atoms with E-state index in [9.17, 15) is 9.59 Å². The van der Waals surface area contributed by atoms with E-state index < -0.39 is 5.97 Å². The summed E-state index contributed by atoms with van der Waals surface area (Å²) < 4.78 is 0. The maximum absolute atomic E-state index is 11.8. The SMILES string of the molecule is CN1CCC(C(CC(=O)O)C2CC2)C1=O. The molecule has 0 aromatic rings. The summed E-state index contributed by atoms with van der Waals surface area (Å²) in [5, 5.41) is 8.85. The Balaban J connectivity index is 2.04. The van der Waals surface area contributed by atoms with E-state index in [1.165, 1.54) is 0 Å². The van der Waals surface area contributed by atoms with Gasteiger partial charge in [-0.15, -0.1) is 0 Å². The Morgan fingerprint density at radius 1 is 1.53 bits per heavy atom. The Morgan fingerprint density at radius 3 is 2.60 bits per heavy atom. The minimum Gasteiger partial charge on any atom is -0.481 e. The third-order valence-electron chi connectivity index (χ3n) is 3.62. The molecule has 0 radical (unpaired) electrons. The molecule has 1 aliphatic heterocycles. The fourth-order valence-electron chi connectivity index (χ4n) is 2.61. The number of carboxylic acids is 1. The summed E-state index contributed by atoms with van der Waals surface area (Å²) in [4.78, 5) is 24.3. The first-order valence-corrected chi connectivity index (χ1v) is 5.56. The maximum Gasteiger partial charge on any atom is 0.303 e. The molecule has 1 saturated heterocycles. The van der Waals surface area contributed by atoms with Crippen LogP contribution in [0.3, 0.4) is 0 Å². The van der Waals surface area contributed by atoms with Crippen LogP contribution < -0.4 is 0 Å². The molecule has 1 saturated carbocycles. The maximum atomic E-state index is 11.8. The van der Waals surface area contributed by atoms with Gasteiger partial charge in [0.15, 0.2) is 0 Å². The quantitative estimate of drug-likeness (QED) is 0.753. The zero-order valence-electron chi connectivity index (χ0n) is 8.98. The second-order valence-electron chi connectivity index (χ2n) is 4.75. The standard InChI is InChI=1S/C11H17NO3/c1-12-5-4-8(11(12)15)9(6-10(13)14)7-2-3-7/h7-9H,2-6H2,1H3,(H,13,14). The van der Waals surface area contributed by atoms with Gasteiger partial charge in [0.05, 0.1) is 0 Å². The average molecular weight is 211 g/mol. The molecule has 1 N–H and O–H groups in total. The molecule has 0 spiro atoms. The molecular weight excluding hydrogens is 194 g/mol. The first-order chi connectivity index (χ1) is 7.09. The van der Waals surface area contributed by atoms with Crippen molar-refractivity contribution in [2.45, 2.75) is 25.7 Å². The van der Waals surface area contributed by atoms with Crippen LogP contribution in [-0.2, 0) is 9.59 Å². The van der Waals surface area contributed by atoms with Gasteiger partial charge in [-0.3, -0.25) is 9.59 Å². The Kier molecular flexibility index (Phi) is 2.67. The lowest BCUT2D eigenvalue weighted by Gasteiger charge is -2.20. The lowest BCUT2D eigenvalue weighted by atomic mass is 9.84. The molecule has 1 amide bonds. The number of hydrogen-bond donors (Lipinski definition) is 1. The van der Waals surface area contributed by atoms with Crippen LogP contribution in [0.5, 0.6) is 0 Å². The Labute approximate surface area is 89.3 Å². The second kappa shape index (κ2) is 3.83. The predicted molar refractivity (Wildman–Crippen MR) is 54.2 cm³/mol. The highest BCUT2D eigenvalue weighted by atomic mass is 16.4. The van der Waals surface area contributed by atoms with E-state index in [4.69, 9.17) is 5.11 Å². The molecule has 15 heavy (non-hydrogen) atoms. The number of rotatable bonds is 4. The van der Waals surface area contributed by atoms with Gasteiger partial charge in [0.25, 0.3) is 0 Å². The van der Waals surface area contributed by atoms with Gasteiger partial charge in [-0.05, 0) is 31.1 Å². The predicted octanol–water partition coefficient (Wildman–Crippen LogP) is 0.966. The van der Waals surface area contributed by atoms with E-state index in [2.05, 4.69) is 0 Å². The Hall–Kier alpha value is -1.06. The topological polar surface area (TPSA) is 57.6 Å². The van der Waals surface area contributed by atoms with Gasteiger partial charge in [-0.25, -0.2) is 0 Å². The molecular formula is C11H17NO3. The molecule has 2 fully saturated rings. The molecule has 2 atom stereocenters. The summed E-state index contributed by atoms with van der Waals surface area (Å²) in [5.41, 5.74) is 0. The normalized spacial score (nSPS) is 28.2. The number of carbonyl (C=O) groups is 2. The number of likely N-dealkylation sites (tertiary alicyclic amines) is 1. The van der Waals surface area contributed by atoms with Gasteiger partial charge < -0.3 is 10.0 Å². The van der Waals surface area contributed by atoms with Crippen molar-refractivity contribution in [3.63, 3.8) is 0 Å². The van der Waals surface area contributed by atoms with Crippen LogP contribution in [0.25, 0.3) is 0 Å². The fourth-order valence-corrected chi connectivity index (χ4v) is 2.61. The van der Waals surface area contributed by atoms with E-state index in [0.29, 0.717) is 5.92 Å². The lowest BCUT2D eigenvalue weighted by Crippen LogP contribution is -2.29. The van der Waals surface area contributed by atoms with Crippen LogP contribution in [0.2, 0.25) is 0 Å². The van der Waals surface area contributed by atoms with Crippen LogP contribution in [0.15, 0.2) is 0 Å². The Morgan fingerprint density at radius 2 is 2.20 bits per heavy atom. The largest absolute Gasteiger partial charge is 0.481 e. The van der Waals surface area contributed by atoms with Crippen LogP contribution in [0.1, 0.15) is 25.7 Å². The van der Waals surface area contributed by atoms with Crippen LogP contribution in [0, 0.1) is 17.8 Å². The van der Waals surface area contributed by atoms with E-state index in [1.807, 2.05) is 0 Å². The van der Waals surface area contributed by atoms with Gasteiger partial charge >= 0.3 is 5.97 Å². The first-order valence-electron chi connectivity index (χ1n) is 5.56. The molecule has 2 aliphatic rings. The summed E-state index contributed by atoms with van der Waals surface area (Å²) in [6, 6.07) is 0. The third kappa shape index (κ3) is 2.13. The molecule has 1 aliphatic carbocycles. The van der Waals surface area contributed by atoms with Gasteiger partial charge in [0.1, 0.15) is 0 Å². The van der Waals surface area contributed by atoms with Crippen molar-refractivity contribution in [2.24, 2.45) is 17.8 Å². The number of amides is 1. The first kappa shape index (κ1) is 10.5. The van der Waals surface area contributed by atoms with Crippen molar-refractivity contribution >= 4 is 11.9 Å². The highest BCUT2D eigenvalue weighted by Gasteiger charge is 2.43. The van der Waals surface area contributed by atoms with Gasteiger partial charge in [0, 0.05) is 25.9 Å². The van der Waals surface area contributed by atoms with E-state index >= 15 is 0 Å². The van der Waals surface area contributed by atoms with Crippen molar-refractivity contribution < 1.29 is 14.7 Å². The van der Waals surface area contributed by atoms with Gasteiger partial charge in [-0.1, -0.05) is 0 Å². The zero-order chi connectivity index (χ0) is 11.0. The number of carbonyl (C=O) groups excluding carboxylic acids is 1. The molecule has 84 valence electrons. The smallest absolute Gasteiger partial charge is 0.303 e. The molecule has 4 heteroatoms. The van der Waals surface area contributed by atoms with Crippen molar-refractivity contribution in [3.05, 3.63) is 0 Å². The minimum atomic E-state index is -0.769. The van der Waals surface area contributed by atoms with Crippen molar-refractivity contribution in [1.29, 1.82) is 0 Å². The number of aliphatic carboxylic acids is 1. The van der Waals surface area contributed by atoms with Crippen LogP contribution in [-0.4, -0.2) is 35.5 Å². The van der Waals surface area contributed by atoms with E-state index in [1.54, 1.807) is 11.9 Å². The van der Waals surface area contributed by atoms with Crippen molar-refractivity contribution in [2.75, 3.05) is 13.6 Å². The molecule has 0 bridgehead atoms. The summed E-state index contributed by atoms with van der Waals surface area (Å²) in [6.07, 6.45) is 3.20. The third-order valence-corrected chi connectivity index (χ3v) is 3.62. The summed E-state index contributed by atoms with van der Waals surface area (Å²) in [7, 11) is 1.80. The summed E-state index contributed by atoms with van der Waals surface area (Å²) in [5.74, 6) is -0.0810.